The van der Waals surface area contributed by atoms with Crippen LogP contribution in [0.5, 0.6) is 0 Å². The van der Waals surface area contributed by atoms with E-state index in [1.165, 1.54) is 6.07 Å². The second-order valence-corrected chi connectivity index (χ2v) is 9.65. The standard InChI is InChI=1S/C28H28Cl2F3NO3.ClH/c1-19(23-10-2-3-12-25(23)29)17-34(18-21-8-5-11-24(27(21)30)28(31,32)33)13-6-14-37-22-9-4-7-20(15-22)16-26(35)36;/h2-5,7-12,16,19H,6,13-15,17-18H2,1H3,(H,35,36);1H. The van der Waals surface area contributed by atoms with E-state index in [1.54, 1.807) is 24.3 Å². The second-order valence-electron chi connectivity index (χ2n) is 8.86. The Hall–Kier alpha value is -2.45. The summed E-state index contributed by atoms with van der Waals surface area (Å²) in [5.41, 5.74) is 1.14. The SMILES string of the molecule is CC(CN(CCCOC1=CC=CC(=CC(=O)O)C1)Cc1cccc(C(F)(F)F)c1Cl)c1ccccc1Cl.Cl. The summed E-state index contributed by atoms with van der Waals surface area (Å²) in [4.78, 5) is 13.0. The molecule has 2 aromatic rings. The number of ether oxygens (including phenoxy) is 1. The van der Waals surface area contributed by atoms with Crippen LogP contribution in [-0.4, -0.2) is 35.7 Å². The van der Waals surface area contributed by atoms with Crippen LogP contribution in [0.4, 0.5) is 13.2 Å². The van der Waals surface area contributed by atoms with Crippen molar-refractivity contribution in [2.45, 2.75) is 38.4 Å². The lowest BCUT2D eigenvalue weighted by atomic mass is 10.00. The molecule has 0 aliphatic heterocycles. The number of benzene rings is 2. The van der Waals surface area contributed by atoms with E-state index in [4.69, 9.17) is 33.0 Å². The number of hydrogen-bond donors (Lipinski definition) is 1. The van der Waals surface area contributed by atoms with Crippen LogP contribution >= 0.6 is 35.6 Å². The zero-order valence-electron chi connectivity index (χ0n) is 20.7. The van der Waals surface area contributed by atoms with Crippen LogP contribution in [0.3, 0.4) is 0 Å². The predicted molar refractivity (Wildman–Crippen MR) is 147 cm³/mol. The third kappa shape index (κ3) is 9.38. The maximum absolute atomic E-state index is 13.4. The lowest BCUT2D eigenvalue weighted by Gasteiger charge is -2.27. The normalized spacial score (nSPS) is 15.2. The van der Waals surface area contributed by atoms with E-state index in [-0.39, 0.29) is 29.9 Å². The number of carbonyl (C=O) groups is 1. The highest BCUT2D eigenvalue weighted by Gasteiger charge is 2.34. The molecule has 0 spiro atoms. The third-order valence-electron chi connectivity index (χ3n) is 5.93. The summed E-state index contributed by atoms with van der Waals surface area (Å²) in [5.74, 6) is -0.335. The fourth-order valence-corrected chi connectivity index (χ4v) is 4.82. The molecule has 0 fully saturated rings. The fraction of sp³-hybridized carbons (Fsp3) is 0.321. The van der Waals surface area contributed by atoms with Gasteiger partial charge in [0.15, 0.2) is 0 Å². The molecule has 1 atom stereocenters. The van der Waals surface area contributed by atoms with Crippen LogP contribution in [0.1, 0.15) is 42.4 Å². The van der Waals surface area contributed by atoms with Crippen molar-refractivity contribution in [3.63, 3.8) is 0 Å². The minimum atomic E-state index is -4.53. The van der Waals surface area contributed by atoms with E-state index in [2.05, 4.69) is 0 Å². The summed E-state index contributed by atoms with van der Waals surface area (Å²) >= 11 is 12.6. The van der Waals surface area contributed by atoms with Crippen molar-refractivity contribution in [1.29, 1.82) is 0 Å². The van der Waals surface area contributed by atoms with Crippen molar-refractivity contribution in [3.8, 4) is 0 Å². The molecule has 1 aliphatic carbocycles. The zero-order chi connectivity index (χ0) is 27.0. The first-order valence-electron chi connectivity index (χ1n) is 11.8. The van der Waals surface area contributed by atoms with Crippen LogP contribution < -0.4 is 0 Å². The Bertz CT molecular complexity index is 1200. The van der Waals surface area contributed by atoms with E-state index < -0.39 is 17.7 Å². The lowest BCUT2D eigenvalue weighted by molar-refractivity contribution is -0.137. The molecule has 4 nitrogen and oxygen atoms in total. The first-order valence-corrected chi connectivity index (χ1v) is 12.5. The smallest absolute Gasteiger partial charge is 0.417 e. The molecule has 38 heavy (non-hydrogen) atoms. The molecule has 0 bridgehead atoms. The number of hydrogen-bond acceptors (Lipinski definition) is 3. The second kappa shape index (κ2) is 14.6. The number of nitrogens with zero attached hydrogens (tertiary/aromatic N) is 1. The molecule has 206 valence electrons. The van der Waals surface area contributed by atoms with Gasteiger partial charge in [0.25, 0.3) is 0 Å². The summed E-state index contributed by atoms with van der Waals surface area (Å²) < 4.78 is 46.0. The number of alkyl halides is 3. The molecular formula is C28H29Cl3F3NO3. The van der Waals surface area contributed by atoms with Gasteiger partial charge in [0.05, 0.1) is 17.2 Å². The average molecular weight is 591 g/mol. The molecule has 10 heteroatoms. The van der Waals surface area contributed by atoms with Gasteiger partial charge in [-0.1, -0.05) is 72.6 Å². The van der Waals surface area contributed by atoms with Crippen molar-refractivity contribution < 1.29 is 27.8 Å². The highest BCUT2D eigenvalue weighted by atomic mass is 35.5. The van der Waals surface area contributed by atoms with E-state index in [0.29, 0.717) is 54.5 Å². The van der Waals surface area contributed by atoms with Crippen LogP contribution in [0.25, 0.3) is 0 Å². The van der Waals surface area contributed by atoms with Crippen LogP contribution in [-0.2, 0) is 22.3 Å². The van der Waals surface area contributed by atoms with E-state index in [9.17, 15) is 18.0 Å². The molecule has 0 amide bonds. The Morgan fingerprint density at radius 1 is 1.18 bits per heavy atom. The van der Waals surface area contributed by atoms with Crippen molar-refractivity contribution >= 4 is 41.6 Å². The molecule has 0 saturated heterocycles. The maximum Gasteiger partial charge on any atom is 0.417 e. The van der Waals surface area contributed by atoms with Crippen LogP contribution in [0, 0.1) is 0 Å². The fourth-order valence-electron chi connectivity index (χ4n) is 4.20. The van der Waals surface area contributed by atoms with E-state index in [0.717, 1.165) is 17.7 Å². The van der Waals surface area contributed by atoms with Gasteiger partial charge in [-0.25, -0.2) is 4.79 Å². The molecule has 1 unspecified atom stereocenters. The molecular weight excluding hydrogens is 562 g/mol. The summed E-state index contributed by atoms with van der Waals surface area (Å²) in [5, 5.41) is 9.29. The molecule has 0 saturated carbocycles. The van der Waals surface area contributed by atoms with E-state index >= 15 is 0 Å². The number of allylic oxidation sites excluding steroid dienone is 4. The zero-order valence-corrected chi connectivity index (χ0v) is 23.0. The molecule has 1 aliphatic rings. The first kappa shape index (κ1) is 31.8. The highest BCUT2D eigenvalue weighted by Crippen LogP contribution is 2.37. The Labute approximate surface area is 236 Å². The number of carboxylic acids is 1. The summed E-state index contributed by atoms with van der Waals surface area (Å²) in [7, 11) is 0. The topological polar surface area (TPSA) is 49.8 Å². The Balaban J connectivity index is 0.00000507. The largest absolute Gasteiger partial charge is 0.498 e. The number of rotatable bonds is 11. The predicted octanol–water partition coefficient (Wildman–Crippen LogP) is 8.30. The molecule has 2 aromatic carbocycles. The summed E-state index contributed by atoms with van der Waals surface area (Å²) in [6.45, 7) is 3.71. The number of aliphatic carboxylic acids is 1. The summed E-state index contributed by atoms with van der Waals surface area (Å²) in [6.07, 6.45) is 2.84. The third-order valence-corrected chi connectivity index (χ3v) is 6.72. The van der Waals surface area contributed by atoms with Gasteiger partial charge >= 0.3 is 12.1 Å². The van der Waals surface area contributed by atoms with Gasteiger partial charge in [0.2, 0.25) is 0 Å². The van der Waals surface area contributed by atoms with Crippen molar-refractivity contribution in [1.82, 2.24) is 4.90 Å². The molecule has 0 aromatic heterocycles. The Kier molecular flexibility index (Phi) is 12.2. The molecule has 1 N–H and O–H groups in total. The monoisotopic (exact) mass is 589 g/mol. The minimum absolute atomic E-state index is 0. The van der Waals surface area contributed by atoms with Crippen LogP contribution in [0.15, 0.2) is 78.1 Å². The maximum atomic E-state index is 13.4. The van der Waals surface area contributed by atoms with Crippen molar-refractivity contribution in [3.05, 3.63) is 105 Å². The number of halogens is 6. The highest BCUT2D eigenvalue weighted by molar-refractivity contribution is 6.32. The van der Waals surface area contributed by atoms with Crippen molar-refractivity contribution in [2.75, 3.05) is 19.7 Å². The molecule has 0 heterocycles. The average Bonchev–Trinajstić information content (AvgIpc) is 2.82. The van der Waals surface area contributed by atoms with Gasteiger partial charge in [-0.05, 0) is 47.2 Å². The van der Waals surface area contributed by atoms with Gasteiger partial charge in [0.1, 0.15) is 5.76 Å². The van der Waals surface area contributed by atoms with Gasteiger partial charge in [-0.2, -0.15) is 13.2 Å². The van der Waals surface area contributed by atoms with Crippen LogP contribution in [0.2, 0.25) is 10.0 Å². The number of carboxylic acid groups (broad SMARTS) is 1. The van der Waals surface area contributed by atoms with Gasteiger partial charge in [-0.15, -0.1) is 12.4 Å². The Morgan fingerprint density at radius 2 is 1.92 bits per heavy atom. The summed E-state index contributed by atoms with van der Waals surface area (Å²) in [6, 6.07) is 11.5. The van der Waals surface area contributed by atoms with Gasteiger partial charge in [0, 0.05) is 37.2 Å². The molecule has 3 rings (SSSR count). The Morgan fingerprint density at radius 3 is 2.61 bits per heavy atom. The lowest BCUT2D eigenvalue weighted by Crippen LogP contribution is -2.29. The minimum Gasteiger partial charge on any atom is -0.498 e. The first-order chi connectivity index (χ1) is 17.5. The van der Waals surface area contributed by atoms with Crippen molar-refractivity contribution in [2.24, 2.45) is 0 Å². The molecule has 0 radical (unpaired) electrons. The quantitative estimate of drug-likeness (QED) is 0.211. The van der Waals surface area contributed by atoms with Gasteiger partial charge < -0.3 is 9.84 Å². The van der Waals surface area contributed by atoms with Gasteiger partial charge in [-0.3, -0.25) is 4.90 Å². The van der Waals surface area contributed by atoms with E-state index in [1.807, 2.05) is 36.1 Å².